The number of benzene rings is 1. The van der Waals surface area contributed by atoms with E-state index in [9.17, 15) is 0 Å². The summed E-state index contributed by atoms with van der Waals surface area (Å²) >= 11 is 3.52. The molecule has 0 radical (unpaired) electrons. The van der Waals surface area contributed by atoms with Crippen LogP contribution >= 0.6 is 15.9 Å². The van der Waals surface area contributed by atoms with Crippen LogP contribution in [0.25, 0.3) is 0 Å². The number of nitrogens with zero attached hydrogens (tertiary/aromatic N) is 1. The van der Waals surface area contributed by atoms with Crippen LogP contribution in [0.3, 0.4) is 0 Å². The molecule has 1 aromatic carbocycles. The van der Waals surface area contributed by atoms with Crippen LogP contribution in [-0.4, -0.2) is 11.0 Å². The molecule has 20 heavy (non-hydrogen) atoms. The molecule has 2 aromatic rings. The van der Waals surface area contributed by atoms with Crippen molar-refractivity contribution in [1.29, 1.82) is 0 Å². The summed E-state index contributed by atoms with van der Waals surface area (Å²) < 4.78 is 6.82. The number of ether oxygens (including phenoxy) is 1. The van der Waals surface area contributed by atoms with Crippen molar-refractivity contribution in [1.82, 2.24) is 10.3 Å². The second-order valence-electron chi connectivity index (χ2n) is 5.02. The fourth-order valence-electron chi connectivity index (χ4n) is 1.91. The molecule has 1 aliphatic rings. The summed E-state index contributed by atoms with van der Waals surface area (Å²) in [6.07, 6.45) is 4.39. The summed E-state index contributed by atoms with van der Waals surface area (Å²) in [5.41, 5.74) is 2.19. The average Bonchev–Trinajstić information content (AvgIpc) is 3.30. The van der Waals surface area contributed by atoms with Gasteiger partial charge < -0.3 is 10.1 Å². The highest BCUT2D eigenvalue weighted by atomic mass is 79.9. The van der Waals surface area contributed by atoms with Crippen LogP contribution in [0.2, 0.25) is 0 Å². The normalized spacial score (nSPS) is 14.2. The van der Waals surface area contributed by atoms with Gasteiger partial charge in [0.1, 0.15) is 12.4 Å². The van der Waals surface area contributed by atoms with Gasteiger partial charge in [-0.2, -0.15) is 0 Å². The van der Waals surface area contributed by atoms with E-state index in [0.29, 0.717) is 12.6 Å². The van der Waals surface area contributed by atoms with Crippen molar-refractivity contribution in [2.75, 3.05) is 0 Å². The minimum atomic E-state index is 0.544. The fraction of sp³-hybridized carbons (Fsp3) is 0.312. The zero-order chi connectivity index (χ0) is 13.8. The molecule has 1 N–H and O–H groups in total. The van der Waals surface area contributed by atoms with E-state index in [1.165, 1.54) is 12.8 Å². The van der Waals surface area contributed by atoms with Gasteiger partial charge in [-0.15, -0.1) is 0 Å². The van der Waals surface area contributed by atoms with Crippen LogP contribution in [0.1, 0.15) is 24.1 Å². The van der Waals surface area contributed by atoms with Crippen molar-refractivity contribution >= 4 is 15.9 Å². The first-order chi connectivity index (χ1) is 9.81. The van der Waals surface area contributed by atoms with Gasteiger partial charge in [-0.1, -0.05) is 34.1 Å². The number of aromatic nitrogens is 1. The van der Waals surface area contributed by atoms with E-state index in [2.05, 4.69) is 26.2 Å². The Bertz CT molecular complexity index is 567. The van der Waals surface area contributed by atoms with E-state index in [4.69, 9.17) is 4.74 Å². The van der Waals surface area contributed by atoms with Crippen molar-refractivity contribution in [2.24, 2.45) is 0 Å². The van der Waals surface area contributed by atoms with Crippen molar-refractivity contribution < 1.29 is 4.74 Å². The van der Waals surface area contributed by atoms with Gasteiger partial charge in [0.2, 0.25) is 0 Å². The topological polar surface area (TPSA) is 34.1 Å². The molecule has 3 rings (SSSR count). The van der Waals surface area contributed by atoms with E-state index >= 15 is 0 Å². The average molecular weight is 333 g/mol. The first-order valence-corrected chi connectivity index (χ1v) is 7.65. The molecule has 4 heteroatoms. The highest BCUT2D eigenvalue weighted by Crippen LogP contribution is 2.20. The molecular formula is C16H17BrN2O. The summed E-state index contributed by atoms with van der Waals surface area (Å²) in [6, 6.07) is 12.8. The molecule has 0 amide bonds. The number of rotatable bonds is 6. The maximum absolute atomic E-state index is 5.75. The van der Waals surface area contributed by atoms with Crippen molar-refractivity contribution in [3.63, 3.8) is 0 Å². The Hall–Kier alpha value is -1.39. The molecule has 1 fully saturated rings. The molecule has 0 bridgehead atoms. The molecule has 0 atom stereocenters. The van der Waals surface area contributed by atoms with Gasteiger partial charge >= 0.3 is 0 Å². The van der Waals surface area contributed by atoms with Gasteiger partial charge in [0.25, 0.3) is 0 Å². The number of pyridine rings is 1. The van der Waals surface area contributed by atoms with Crippen LogP contribution < -0.4 is 10.1 Å². The molecule has 3 nitrogen and oxygen atoms in total. The summed E-state index contributed by atoms with van der Waals surface area (Å²) in [6.45, 7) is 1.39. The molecule has 0 aliphatic heterocycles. The van der Waals surface area contributed by atoms with Gasteiger partial charge in [-0.25, -0.2) is 0 Å². The Kier molecular flexibility index (Phi) is 4.33. The van der Waals surface area contributed by atoms with Gasteiger partial charge in [0.15, 0.2) is 0 Å². The highest BCUT2D eigenvalue weighted by molar-refractivity contribution is 9.10. The molecule has 0 saturated heterocycles. The van der Waals surface area contributed by atoms with Crippen LogP contribution in [0.4, 0.5) is 0 Å². The number of hydrogen-bond acceptors (Lipinski definition) is 3. The first-order valence-electron chi connectivity index (χ1n) is 6.86. The van der Waals surface area contributed by atoms with Crippen molar-refractivity contribution in [2.45, 2.75) is 32.0 Å². The third-order valence-corrected chi connectivity index (χ3v) is 4.07. The largest absolute Gasteiger partial charge is 0.487 e. The Morgan fingerprint density at radius 1 is 1.20 bits per heavy atom. The van der Waals surface area contributed by atoms with Gasteiger partial charge in [-0.3, -0.25) is 4.98 Å². The molecule has 104 valence electrons. The zero-order valence-corrected chi connectivity index (χ0v) is 12.8. The predicted octanol–water partition coefficient (Wildman–Crippen LogP) is 3.68. The van der Waals surface area contributed by atoms with Crippen LogP contribution in [-0.2, 0) is 13.2 Å². The maximum atomic E-state index is 5.75. The number of halogens is 1. The number of hydrogen-bond donors (Lipinski definition) is 1. The van der Waals surface area contributed by atoms with Gasteiger partial charge in [-0.05, 0) is 31.0 Å². The molecule has 1 aromatic heterocycles. The molecule has 0 spiro atoms. The third kappa shape index (κ3) is 3.81. The van der Waals surface area contributed by atoms with Crippen LogP contribution in [0, 0.1) is 0 Å². The second-order valence-corrected chi connectivity index (χ2v) is 5.87. The molecular weight excluding hydrogens is 316 g/mol. The quantitative estimate of drug-likeness (QED) is 0.876. The van der Waals surface area contributed by atoms with Crippen molar-refractivity contribution in [3.8, 4) is 5.75 Å². The van der Waals surface area contributed by atoms with E-state index < -0.39 is 0 Å². The predicted molar refractivity (Wildman–Crippen MR) is 82.6 cm³/mol. The van der Waals surface area contributed by atoms with Gasteiger partial charge in [0, 0.05) is 22.6 Å². The summed E-state index contributed by atoms with van der Waals surface area (Å²) in [7, 11) is 0. The minimum Gasteiger partial charge on any atom is -0.487 e. The Morgan fingerprint density at radius 3 is 2.75 bits per heavy atom. The highest BCUT2D eigenvalue weighted by Gasteiger charge is 2.19. The summed E-state index contributed by atoms with van der Waals surface area (Å²) in [5, 5.41) is 3.45. The maximum Gasteiger partial charge on any atom is 0.138 e. The summed E-state index contributed by atoms with van der Waals surface area (Å²) in [4.78, 5) is 4.41. The van der Waals surface area contributed by atoms with E-state index in [0.717, 1.165) is 28.0 Å². The Balaban J connectivity index is 1.53. The molecule has 1 saturated carbocycles. The van der Waals surface area contributed by atoms with E-state index in [1.807, 2.05) is 36.4 Å². The monoisotopic (exact) mass is 332 g/mol. The lowest BCUT2D eigenvalue weighted by atomic mass is 10.2. The lowest BCUT2D eigenvalue weighted by Crippen LogP contribution is -2.16. The van der Waals surface area contributed by atoms with E-state index in [1.54, 1.807) is 6.20 Å². The Morgan fingerprint density at radius 2 is 2.05 bits per heavy atom. The Labute approximate surface area is 127 Å². The van der Waals surface area contributed by atoms with Crippen LogP contribution in [0.15, 0.2) is 47.1 Å². The molecule has 1 heterocycles. The third-order valence-electron chi connectivity index (χ3n) is 3.30. The zero-order valence-electron chi connectivity index (χ0n) is 11.2. The van der Waals surface area contributed by atoms with E-state index in [-0.39, 0.29) is 0 Å². The lowest BCUT2D eigenvalue weighted by Gasteiger charge is -2.08. The second kappa shape index (κ2) is 6.37. The first kappa shape index (κ1) is 13.6. The van der Waals surface area contributed by atoms with Gasteiger partial charge in [0.05, 0.1) is 11.9 Å². The fourth-order valence-corrected chi connectivity index (χ4v) is 2.31. The van der Waals surface area contributed by atoms with Crippen LogP contribution in [0.5, 0.6) is 5.75 Å². The minimum absolute atomic E-state index is 0.544. The standard InChI is InChI=1S/C16H17BrN2O/c17-16-4-2-1-3-12(16)11-20-15-8-7-14(19-10-15)9-18-13-5-6-13/h1-4,7-8,10,13,18H,5-6,9,11H2. The SMILES string of the molecule is Brc1ccccc1COc1ccc(CNC2CC2)nc1. The number of nitrogens with one attached hydrogen (secondary N) is 1. The summed E-state index contributed by atoms with van der Waals surface area (Å²) in [5.74, 6) is 0.802. The smallest absolute Gasteiger partial charge is 0.138 e. The molecule has 0 unspecified atom stereocenters. The van der Waals surface area contributed by atoms with Crippen molar-refractivity contribution in [3.05, 3.63) is 58.3 Å². The molecule has 1 aliphatic carbocycles. The lowest BCUT2D eigenvalue weighted by molar-refractivity contribution is 0.304.